The van der Waals surface area contributed by atoms with Gasteiger partial charge in [-0.3, -0.25) is 9.78 Å². The molecule has 1 aliphatic carbocycles. The summed E-state index contributed by atoms with van der Waals surface area (Å²) < 4.78 is 46.2. The van der Waals surface area contributed by atoms with Crippen LogP contribution in [0.5, 0.6) is 5.88 Å². The average Bonchev–Trinajstić information content (AvgIpc) is 2.68. The van der Waals surface area contributed by atoms with Crippen LogP contribution in [0.1, 0.15) is 47.4 Å². The first-order valence-electron chi connectivity index (χ1n) is 9.05. The van der Waals surface area contributed by atoms with Crippen molar-refractivity contribution in [3.8, 4) is 5.88 Å². The molecule has 2 heterocycles. The lowest BCUT2D eigenvalue weighted by Crippen LogP contribution is -2.45. The van der Waals surface area contributed by atoms with Crippen molar-refractivity contribution in [3.05, 3.63) is 51.9 Å². The number of nitrogens with zero attached hydrogens (tertiary/aromatic N) is 2. The monoisotopic (exact) mass is 473 g/mol. The van der Waals surface area contributed by atoms with E-state index in [2.05, 4.69) is 31.2 Å². The molecule has 3 rings (SSSR count). The molecule has 2 aromatic rings. The Bertz CT molecular complexity index is 865. The molecule has 2 atom stereocenters. The lowest BCUT2D eigenvalue weighted by atomic mass is 9.92. The number of nitrogens with one attached hydrogen (secondary N) is 1. The number of ether oxygens (including phenoxy) is 1. The Hall–Kier alpha value is -2.20. The van der Waals surface area contributed by atoms with Gasteiger partial charge in [0.05, 0.1) is 27.9 Å². The van der Waals surface area contributed by atoms with Gasteiger partial charge in [-0.1, -0.05) is 18.9 Å². The van der Waals surface area contributed by atoms with E-state index in [9.17, 15) is 23.1 Å². The van der Waals surface area contributed by atoms with Crippen molar-refractivity contribution >= 4 is 21.8 Å². The first kappa shape index (κ1) is 21.5. The summed E-state index contributed by atoms with van der Waals surface area (Å²) in [4.78, 5) is 20.1. The predicted molar refractivity (Wildman–Crippen MR) is 101 cm³/mol. The molecule has 1 saturated carbocycles. The smallest absolute Gasteiger partial charge is 0.434 e. The molecule has 0 saturated heterocycles. The molecule has 1 amide bonds. The van der Waals surface area contributed by atoms with E-state index >= 15 is 0 Å². The lowest BCUT2D eigenvalue weighted by molar-refractivity contribution is -0.141. The number of hydrogen-bond donors (Lipinski definition) is 2. The number of alkyl halides is 3. The van der Waals surface area contributed by atoms with Gasteiger partial charge in [-0.2, -0.15) is 13.2 Å². The third-order valence-electron chi connectivity index (χ3n) is 4.59. The number of halogens is 4. The summed E-state index contributed by atoms with van der Waals surface area (Å²) in [5.41, 5.74) is -1.46. The van der Waals surface area contributed by atoms with Crippen LogP contribution in [0, 0.1) is 0 Å². The topological polar surface area (TPSA) is 84.3 Å². The van der Waals surface area contributed by atoms with E-state index in [0.717, 1.165) is 18.9 Å². The van der Waals surface area contributed by atoms with Crippen molar-refractivity contribution in [2.24, 2.45) is 0 Å². The van der Waals surface area contributed by atoms with Gasteiger partial charge in [-0.25, -0.2) is 4.98 Å². The molecular formula is C19H19BrF3N3O3. The number of carbonyl (C=O) groups is 1. The molecule has 1 aliphatic rings. The van der Waals surface area contributed by atoms with Crippen molar-refractivity contribution in [2.45, 2.75) is 50.6 Å². The highest BCUT2D eigenvalue weighted by molar-refractivity contribution is 9.10. The first-order valence-corrected chi connectivity index (χ1v) is 9.84. The first-order chi connectivity index (χ1) is 13.8. The van der Waals surface area contributed by atoms with Crippen LogP contribution in [0.25, 0.3) is 0 Å². The second kappa shape index (κ2) is 9.08. The van der Waals surface area contributed by atoms with Crippen molar-refractivity contribution in [2.75, 3.05) is 0 Å². The summed E-state index contributed by atoms with van der Waals surface area (Å²) in [5.74, 6) is -1.23. The molecule has 2 aromatic heterocycles. The maximum atomic E-state index is 13.6. The highest BCUT2D eigenvalue weighted by atomic mass is 79.9. The molecule has 6 nitrogen and oxygen atoms in total. The normalized spacial score (nSPS) is 19.6. The second-order valence-corrected chi connectivity index (χ2v) is 7.57. The summed E-state index contributed by atoms with van der Waals surface area (Å²) in [6.45, 7) is -0.0798. The fourth-order valence-electron chi connectivity index (χ4n) is 3.11. The van der Waals surface area contributed by atoms with Crippen LogP contribution >= 0.6 is 15.9 Å². The van der Waals surface area contributed by atoms with Gasteiger partial charge in [0.25, 0.3) is 5.91 Å². The van der Waals surface area contributed by atoms with E-state index in [1.54, 1.807) is 18.2 Å². The van der Waals surface area contributed by atoms with Crippen LogP contribution < -0.4 is 10.1 Å². The average molecular weight is 474 g/mol. The number of aliphatic hydroxyl groups excluding tert-OH is 1. The van der Waals surface area contributed by atoms with Crippen molar-refractivity contribution in [3.63, 3.8) is 0 Å². The number of carbonyl (C=O) groups excluding carboxylic acids is 1. The number of rotatable bonds is 5. The van der Waals surface area contributed by atoms with Crippen LogP contribution in [-0.2, 0) is 12.8 Å². The Balaban J connectivity index is 1.84. The van der Waals surface area contributed by atoms with Crippen LogP contribution in [0.3, 0.4) is 0 Å². The number of hydrogen-bond acceptors (Lipinski definition) is 5. The van der Waals surface area contributed by atoms with Gasteiger partial charge < -0.3 is 15.2 Å². The SMILES string of the molecule is O=C(NC1CCCCC1O)c1cc(Br)c(OCc2ccccn2)nc1C(F)(F)F. The number of aromatic nitrogens is 2. The van der Waals surface area contributed by atoms with Crippen molar-refractivity contribution < 1.29 is 27.8 Å². The Morgan fingerprint density at radius 1 is 1.31 bits per heavy atom. The molecule has 10 heteroatoms. The summed E-state index contributed by atoms with van der Waals surface area (Å²) >= 11 is 3.12. The Kier molecular flexibility index (Phi) is 6.74. The maximum Gasteiger partial charge on any atom is 0.434 e. The lowest BCUT2D eigenvalue weighted by Gasteiger charge is -2.28. The second-order valence-electron chi connectivity index (χ2n) is 6.71. The van der Waals surface area contributed by atoms with Gasteiger partial charge >= 0.3 is 6.18 Å². The molecule has 2 N–H and O–H groups in total. The summed E-state index contributed by atoms with van der Waals surface area (Å²) in [6, 6.07) is 5.54. The van der Waals surface area contributed by atoms with E-state index in [0.29, 0.717) is 18.5 Å². The van der Waals surface area contributed by atoms with Crippen molar-refractivity contribution in [1.29, 1.82) is 0 Å². The minimum atomic E-state index is -4.86. The van der Waals surface area contributed by atoms with Gasteiger partial charge in [0.1, 0.15) is 6.61 Å². The fourth-order valence-corrected chi connectivity index (χ4v) is 3.55. The zero-order valence-corrected chi connectivity index (χ0v) is 16.8. The molecule has 2 unspecified atom stereocenters. The van der Waals surface area contributed by atoms with Crippen LogP contribution in [0.4, 0.5) is 13.2 Å². The van der Waals surface area contributed by atoms with Gasteiger partial charge in [-0.15, -0.1) is 0 Å². The molecule has 0 aromatic carbocycles. The van der Waals surface area contributed by atoms with Gasteiger partial charge in [0, 0.05) is 6.20 Å². The third-order valence-corrected chi connectivity index (χ3v) is 5.15. The zero-order chi connectivity index (χ0) is 21.0. The molecule has 29 heavy (non-hydrogen) atoms. The minimum absolute atomic E-state index is 0.0798. The zero-order valence-electron chi connectivity index (χ0n) is 15.2. The van der Waals surface area contributed by atoms with E-state index in [1.165, 1.54) is 6.20 Å². The molecule has 156 valence electrons. The predicted octanol–water partition coefficient (Wildman–Crippen LogP) is 3.87. The number of amides is 1. The Morgan fingerprint density at radius 3 is 2.72 bits per heavy atom. The highest BCUT2D eigenvalue weighted by Crippen LogP contribution is 2.35. The van der Waals surface area contributed by atoms with Crippen LogP contribution in [0.2, 0.25) is 0 Å². The van der Waals surface area contributed by atoms with E-state index < -0.39 is 35.5 Å². The third kappa shape index (κ3) is 5.45. The van der Waals surface area contributed by atoms with Gasteiger partial charge in [0.2, 0.25) is 5.88 Å². The van der Waals surface area contributed by atoms with Crippen molar-refractivity contribution in [1.82, 2.24) is 15.3 Å². The van der Waals surface area contributed by atoms with E-state index in [1.807, 2.05) is 0 Å². The van der Waals surface area contributed by atoms with Gasteiger partial charge in [0.15, 0.2) is 5.69 Å². The standard InChI is InChI=1S/C19H19BrF3N3O3/c20-13-9-12(17(28)25-14-6-1-2-7-15(14)27)16(19(21,22)23)26-18(13)29-10-11-5-3-4-8-24-11/h3-5,8-9,14-15,27H,1-2,6-7,10H2,(H,25,28). The Morgan fingerprint density at radius 2 is 2.07 bits per heavy atom. The van der Waals surface area contributed by atoms with E-state index in [-0.39, 0.29) is 17.0 Å². The highest BCUT2D eigenvalue weighted by Gasteiger charge is 2.39. The minimum Gasteiger partial charge on any atom is -0.470 e. The number of aliphatic hydroxyl groups is 1. The molecule has 0 bridgehead atoms. The number of pyridine rings is 2. The molecular weight excluding hydrogens is 455 g/mol. The summed E-state index contributed by atoms with van der Waals surface area (Å²) in [5, 5.41) is 12.5. The largest absolute Gasteiger partial charge is 0.470 e. The summed E-state index contributed by atoms with van der Waals surface area (Å²) in [7, 11) is 0. The van der Waals surface area contributed by atoms with Gasteiger partial charge in [-0.05, 0) is 47.0 Å². The molecule has 0 radical (unpaired) electrons. The Labute approximate surface area is 173 Å². The molecule has 1 fully saturated rings. The van der Waals surface area contributed by atoms with E-state index in [4.69, 9.17) is 4.74 Å². The maximum absolute atomic E-state index is 13.6. The quantitative estimate of drug-likeness (QED) is 0.688. The van der Waals surface area contributed by atoms with Crippen LogP contribution in [-0.4, -0.2) is 33.1 Å². The summed E-state index contributed by atoms with van der Waals surface area (Å²) in [6.07, 6.45) is -1.49. The molecule has 0 spiro atoms. The molecule has 0 aliphatic heterocycles. The van der Waals surface area contributed by atoms with Crippen LogP contribution in [0.15, 0.2) is 34.9 Å². The fraction of sp³-hybridized carbons (Fsp3) is 0.421.